The molecule has 0 aliphatic heterocycles. The zero-order chi connectivity index (χ0) is 25.3. The van der Waals surface area contributed by atoms with E-state index in [9.17, 15) is 13.2 Å². The van der Waals surface area contributed by atoms with Crippen molar-refractivity contribution in [2.45, 2.75) is 31.6 Å². The molecular weight excluding hydrogens is 468 g/mol. The Morgan fingerprint density at radius 3 is 2.17 bits per heavy atom. The predicted octanol–water partition coefficient (Wildman–Crippen LogP) is 5.00. The highest BCUT2D eigenvalue weighted by Gasteiger charge is 2.21. The van der Waals surface area contributed by atoms with Gasteiger partial charge in [0.05, 0.1) is 20.3 Å². The highest BCUT2D eigenvalue weighted by atomic mass is 32.2. The molecule has 0 unspecified atom stereocenters. The number of rotatable bonds is 12. The minimum atomic E-state index is -3.98. The van der Waals surface area contributed by atoms with Crippen LogP contribution in [0.5, 0.6) is 17.2 Å². The number of nitrogens with one attached hydrogen (secondary N) is 2. The number of carbonyl (C=O) groups excluding carboxylic acids is 1. The first-order valence-electron chi connectivity index (χ1n) is 11.2. The number of benzene rings is 3. The van der Waals surface area contributed by atoms with Gasteiger partial charge in [-0.1, -0.05) is 17.7 Å². The molecule has 0 aliphatic carbocycles. The molecule has 0 radical (unpaired) electrons. The van der Waals surface area contributed by atoms with Crippen LogP contribution in [0.1, 0.15) is 25.3 Å². The second-order valence-corrected chi connectivity index (χ2v) is 9.39. The van der Waals surface area contributed by atoms with Gasteiger partial charge in [0.1, 0.15) is 22.1 Å². The zero-order valence-electron chi connectivity index (χ0n) is 20.0. The lowest BCUT2D eigenvalue weighted by molar-refractivity contribution is -0.116. The number of aryl methyl sites for hydroxylation is 1. The number of hydrogen-bond donors (Lipinski definition) is 2. The number of amides is 1. The maximum atomic E-state index is 13.0. The lowest BCUT2D eigenvalue weighted by Crippen LogP contribution is -2.16. The van der Waals surface area contributed by atoms with Crippen LogP contribution in [0.25, 0.3) is 0 Å². The van der Waals surface area contributed by atoms with Crippen molar-refractivity contribution in [3.8, 4) is 17.2 Å². The molecule has 0 saturated carbocycles. The van der Waals surface area contributed by atoms with Crippen LogP contribution in [0.2, 0.25) is 0 Å². The van der Waals surface area contributed by atoms with Crippen molar-refractivity contribution in [3.63, 3.8) is 0 Å². The topological polar surface area (TPSA) is 103 Å². The number of carbonyl (C=O) groups is 1. The predicted molar refractivity (Wildman–Crippen MR) is 136 cm³/mol. The van der Waals surface area contributed by atoms with E-state index in [2.05, 4.69) is 10.0 Å². The molecule has 3 aromatic rings. The number of sulfonamides is 1. The van der Waals surface area contributed by atoms with Crippen molar-refractivity contribution in [1.29, 1.82) is 0 Å². The molecule has 0 saturated heterocycles. The third-order valence-corrected chi connectivity index (χ3v) is 6.39. The lowest BCUT2D eigenvalue weighted by Gasteiger charge is -2.14. The van der Waals surface area contributed by atoms with Crippen LogP contribution >= 0.6 is 0 Å². The zero-order valence-corrected chi connectivity index (χ0v) is 20.9. The van der Waals surface area contributed by atoms with Gasteiger partial charge in [-0.25, -0.2) is 8.42 Å². The largest absolute Gasteiger partial charge is 0.495 e. The molecule has 0 fully saturated rings. The molecule has 0 bridgehead atoms. The summed E-state index contributed by atoms with van der Waals surface area (Å²) in [5, 5.41) is 2.74. The normalized spacial score (nSPS) is 10.9. The summed E-state index contributed by atoms with van der Waals surface area (Å²) in [7, 11) is -2.59. The fourth-order valence-corrected chi connectivity index (χ4v) is 4.50. The van der Waals surface area contributed by atoms with Gasteiger partial charge in [-0.05, 0) is 74.9 Å². The van der Waals surface area contributed by atoms with Crippen LogP contribution in [-0.2, 0) is 14.8 Å². The Bertz CT molecular complexity index is 1230. The van der Waals surface area contributed by atoms with E-state index in [4.69, 9.17) is 14.2 Å². The van der Waals surface area contributed by atoms with E-state index in [1.54, 1.807) is 30.3 Å². The minimum Gasteiger partial charge on any atom is -0.495 e. The van der Waals surface area contributed by atoms with Gasteiger partial charge < -0.3 is 19.5 Å². The van der Waals surface area contributed by atoms with Gasteiger partial charge in [0.15, 0.2) is 0 Å². The SMILES string of the molecule is CCOc1ccc(NS(=O)(=O)c2cc(NC(=O)CCCOc3ccc(C)cc3)ccc2OC)cc1. The van der Waals surface area contributed by atoms with Crippen molar-refractivity contribution in [2.24, 2.45) is 0 Å². The summed E-state index contributed by atoms with van der Waals surface area (Å²) in [6, 6.07) is 18.7. The summed E-state index contributed by atoms with van der Waals surface area (Å²) >= 11 is 0. The highest BCUT2D eigenvalue weighted by molar-refractivity contribution is 7.92. The Labute approximate surface area is 206 Å². The van der Waals surface area contributed by atoms with E-state index >= 15 is 0 Å². The maximum Gasteiger partial charge on any atom is 0.265 e. The number of methoxy groups -OCH3 is 1. The molecule has 3 rings (SSSR count). The van der Waals surface area contributed by atoms with Crippen LogP contribution in [0.3, 0.4) is 0 Å². The van der Waals surface area contributed by atoms with E-state index in [0.29, 0.717) is 36.8 Å². The second-order valence-electron chi connectivity index (χ2n) is 7.74. The van der Waals surface area contributed by atoms with E-state index in [-0.39, 0.29) is 23.0 Å². The van der Waals surface area contributed by atoms with Gasteiger partial charge in [0, 0.05) is 17.8 Å². The van der Waals surface area contributed by atoms with Gasteiger partial charge in [0.2, 0.25) is 5.91 Å². The average Bonchev–Trinajstić information content (AvgIpc) is 2.84. The van der Waals surface area contributed by atoms with Crippen LogP contribution in [0.4, 0.5) is 11.4 Å². The molecule has 8 nitrogen and oxygen atoms in total. The first-order valence-corrected chi connectivity index (χ1v) is 12.7. The van der Waals surface area contributed by atoms with E-state index in [0.717, 1.165) is 11.3 Å². The molecule has 0 atom stereocenters. The summed E-state index contributed by atoms with van der Waals surface area (Å²) in [5.74, 6) is 1.31. The van der Waals surface area contributed by atoms with E-state index < -0.39 is 10.0 Å². The highest BCUT2D eigenvalue weighted by Crippen LogP contribution is 2.29. The van der Waals surface area contributed by atoms with Crippen molar-refractivity contribution < 1.29 is 27.4 Å². The molecule has 0 aromatic heterocycles. The Balaban J connectivity index is 1.61. The Morgan fingerprint density at radius 1 is 0.886 bits per heavy atom. The fourth-order valence-electron chi connectivity index (χ4n) is 3.24. The first kappa shape index (κ1) is 25.9. The lowest BCUT2D eigenvalue weighted by atomic mass is 10.2. The third-order valence-electron chi connectivity index (χ3n) is 4.99. The van der Waals surface area contributed by atoms with Gasteiger partial charge in [-0.3, -0.25) is 9.52 Å². The van der Waals surface area contributed by atoms with Crippen molar-refractivity contribution in [1.82, 2.24) is 0 Å². The summed E-state index contributed by atoms with van der Waals surface area (Å²) in [4.78, 5) is 12.3. The summed E-state index contributed by atoms with van der Waals surface area (Å²) in [5.41, 5.74) is 1.87. The maximum absolute atomic E-state index is 13.0. The quantitative estimate of drug-likeness (QED) is 0.341. The Morgan fingerprint density at radius 2 is 1.51 bits per heavy atom. The third kappa shape index (κ3) is 7.65. The summed E-state index contributed by atoms with van der Waals surface area (Å²) in [6.07, 6.45) is 0.741. The number of anilines is 2. The van der Waals surface area contributed by atoms with Crippen LogP contribution in [0.15, 0.2) is 71.6 Å². The van der Waals surface area contributed by atoms with Gasteiger partial charge in [0.25, 0.3) is 10.0 Å². The van der Waals surface area contributed by atoms with E-state index in [1.165, 1.54) is 19.2 Å². The number of ether oxygens (including phenoxy) is 3. The molecule has 3 aromatic carbocycles. The monoisotopic (exact) mass is 498 g/mol. The average molecular weight is 499 g/mol. The molecule has 0 heterocycles. The molecule has 0 spiro atoms. The molecule has 0 aliphatic rings. The van der Waals surface area contributed by atoms with Gasteiger partial charge in [-0.2, -0.15) is 0 Å². The Kier molecular flexibility index (Phi) is 8.97. The van der Waals surface area contributed by atoms with E-state index in [1.807, 2.05) is 38.1 Å². The smallest absolute Gasteiger partial charge is 0.265 e. The molecule has 1 amide bonds. The van der Waals surface area contributed by atoms with Crippen LogP contribution < -0.4 is 24.2 Å². The van der Waals surface area contributed by atoms with Crippen LogP contribution in [0, 0.1) is 6.92 Å². The Hall–Kier alpha value is -3.72. The van der Waals surface area contributed by atoms with Gasteiger partial charge >= 0.3 is 0 Å². The van der Waals surface area contributed by atoms with Gasteiger partial charge in [-0.15, -0.1) is 0 Å². The molecule has 2 N–H and O–H groups in total. The minimum absolute atomic E-state index is 0.0885. The fraction of sp³-hybridized carbons (Fsp3) is 0.269. The molecule has 186 valence electrons. The van der Waals surface area contributed by atoms with Crippen molar-refractivity contribution in [2.75, 3.05) is 30.4 Å². The van der Waals surface area contributed by atoms with Crippen molar-refractivity contribution >= 4 is 27.3 Å². The number of hydrogen-bond acceptors (Lipinski definition) is 6. The van der Waals surface area contributed by atoms with Crippen LogP contribution in [-0.4, -0.2) is 34.6 Å². The standard InChI is InChI=1S/C26H30N2O6S/c1-4-33-22-14-9-20(10-15-22)28-35(30,31)25-18-21(11-16-24(25)32-3)27-26(29)6-5-17-34-23-12-7-19(2)8-13-23/h7-16,18,28H,4-6,17H2,1-3H3,(H,27,29). The summed E-state index contributed by atoms with van der Waals surface area (Å²) in [6.45, 7) is 4.78. The first-order chi connectivity index (χ1) is 16.8. The second kappa shape index (κ2) is 12.1. The molecule has 9 heteroatoms. The molecular formula is C26H30N2O6S. The van der Waals surface area contributed by atoms with Crippen molar-refractivity contribution in [3.05, 3.63) is 72.3 Å². The summed E-state index contributed by atoms with van der Waals surface area (Å²) < 4.78 is 44.9. The molecule has 35 heavy (non-hydrogen) atoms.